The molecule has 0 atom stereocenters. The molecule has 0 unspecified atom stereocenters. The molecule has 1 N–H and O–H groups in total. The van der Waals surface area contributed by atoms with Crippen LogP contribution in [0.25, 0.3) is 0 Å². The van der Waals surface area contributed by atoms with Crippen molar-refractivity contribution in [2.75, 3.05) is 14.2 Å². The lowest BCUT2D eigenvalue weighted by Gasteiger charge is -2.06. The second kappa shape index (κ2) is 7.24. The summed E-state index contributed by atoms with van der Waals surface area (Å²) >= 11 is 11.8. The maximum absolute atomic E-state index is 11.2. The summed E-state index contributed by atoms with van der Waals surface area (Å²) in [4.78, 5) is 16.0. The predicted octanol–water partition coefficient (Wildman–Crippen LogP) is 2.87. The zero-order chi connectivity index (χ0) is 13.5. The minimum Gasteiger partial charge on any atom is -0.399 e. The van der Waals surface area contributed by atoms with Crippen LogP contribution in [0.1, 0.15) is 18.4 Å². The van der Waals surface area contributed by atoms with Crippen LogP contribution >= 0.6 is 23.2 Å². The van der Waals surface area contributed by atoms with Crippen LogP contribution in [-0.2, 0) is 9.63 Å². The molecule has 0 aromatic heterocycles. The van der Waals surface area contributed by atoms with Gasteiger partial charge in [-0.05, 0) is 12.1 Å². The van der Waals surface area contributed by atoms with E-state index in [4.69, 9.17) is 28.0 Å². The van der Waals surface area contributed by atoms with Gasteiger partial charge in [-0.1, -0.05) is 34.4 Å². The molecule has 18 heavy (non-hydrogen) atoms. The largest absolute Gasteiger partial charge is 0.399 e. The van der Waals surface area contributed by atoms with Crippen LogP contribution in [-0.4, -0.2) is 25.8 Å². The third kappa shape index (κ3) is 4.20. The number of halogens is 2. The van der Waals surface area contributed by atoms with Crippen LogP contribution in [0.2, 0.25) is 10.0 Å². The minimum absolute atomic E-state index is 0.0566. The number of hydrogen-bond acceptors (Lipinski definition) is 3. The summed E-state index contributed by atoms with van der Waals surface area (Å²) < 4.78 is 0. The van der Waals surface area contributed by atoms with Crippen LogP contribution in [0.3, 0.4) is 0 Å². The highest BCUT2D eigenvalue weighted by atomic mass is 35.5. The lowest BCUT2D eigenvalue weighted by atomic mass is 10.1. The number of hydrogen-bond donors (Lipinski definition) is 1. The molecule has 0 bridgehead atoms. The number of amides is 1. The molecule has 1 aromatic rings. The lowest BCUT2D eigenvalue weighted by molar-refractivity contribution is -0.120. The minimum atomic E-state index is -0.0566. The molecule has 0 radical (unpaired) electrons. The fraction of sp³-hybridized carbons (Fsp3) is 0.333. The standard InChI is InChI=1S/C12H14Cl2N2O2/c1-15-12(17)6-5-11(16-18-2)8-3-4-9(13)10(14)7-8/h3-4,7H,5-6H2,1-2H3,(H,15,17)/b16-11-. The molecule has 0 heterocycles. The molecule has 0 aliphatic rings. The van der Waals surface area contributed by atoms with Crippen molar-refractivity contribution in [3.05, 3.63) is 33.8 Å². The van der Waals surface area contributed by atoms with Crippen LogP contribution in [0, 0.1) is 0 Å². The quantitative estimate of drug-likeness (QED) is 0.669. The van der Waals surface area contributed by atoms with Gasteiger partial charge in [-0.2, -0.15) is 0 Å². The van der Waals surface area contributed by atoms with Gasteiger partial charge in [0.2, 0.25) is 5.91 Å². The zero-order valence-electron chi connectivity index (χ0n) is 10.2. The summed E-state index contributed by atoms with van der Waals surface area (Å²) in [6.45, 7) is 0. The van der Waals surface area contributed by atoms with Gasteiger partial charge in [-0.3, -0.25) is 4.79 Å². The Morgan fingerprint density at radius 3 is 2.61 bits per heavy atom. The van der Waals surface area contributed by atoms with E-state index in [0.29, 0.717) is 28.6 Å². The van der Waals surface area contributed by atoms with Gasteiger partial charge < -0.3 is 10.2 Å². The monoisotopic (exact) mass is 288 g/mol. The molecule has 1 amide bonds. The first-order valence-corrected chi connectivity index (χ1v) is 6.10. The van der Waals surface area contributed by atoms with E-state index < -0.39 is 0 Å². The zero-order valence-corrected chi connectivity index (χ0v) is 11.7. The average molecular weight is 289 g/mol. The summed E-state index contributed by atoms with van der Waals surface area (Å²) in [6, 6.07) is 5.17. The van der Waals surface area contributed by atoms with Gasteiger partial charge in [-0.25, -0.2) is 0 Å². The summed E-state index contributed by atoms with van der Waals surface area (Å²) in [5.74, 6) is -0.0566. The summed E-state index contributed by atoms with van der Waals surface area (Å²) in [6.07, 6.45) is 0.796. The molecule has 1 rings (SSSR count). The van der Waals surface area contributed by atoms with Crippen molar-refractivity contribution in [3.63, 3.8) is 0 Å². The Morgan fingerprint density at radius 2 is 2.06 bits per heavy atom. The number of benzene rings is 1. The maximum atomic E-state index is 11.2. The molecular formula is C12H14Cl2N2O2. The Balaban J connectivity index is 2.87. The van der Waals surface area contributed by atoms with Crippen LogP contribution < -0.4 is 5.32 Å². The molecule has 98 valence electrons. The van der Waals surface area contributed by atoms with Gasteiger partial charge in [0.05, 0.1) is 15.8 Å². The number of oxime groups is 1. The number of rotatable bonds is 5. The first kappa shape index (κ1) is 14.8. The number of carbonyl (C=O) groups is 1. The van der Waals surface area contributed by atoms with Crippen molar-refractivity contribution < 1.29 is 9.63 Å². The molecule has 0 spiro atoms. The highest BCUT2D eigenvalue weighted by Crippen LogP contribution is 2.23. The highest BCUT2D eigenvalue weighted by molar-refractivity contribution is 6.42. The molecule has 0 saturated heterocycles. The third-order valence-electron chi connectivity index (χ3n) is 2.32. The van der Waals surface area contributed by atoms with E-state index in [0.717, 1.165) is 5.56 Å². The van der Waals surface area contributed by atoms with Gasteiger partial charge in [0.15, 0.2) is 0 Å². The van der Waals surface area contributed by atoms with E-state index in [9.17, 15) is 4.79 Å². The Hall–Kier alpha value is -1.26. The molecule has 6 heteroatoms. The first-order chi connectivity index (χ1) is 8.58. The van der Waals surface area contributed by atoms with Crippen molar-refractivity contribution >= 4 is 34.8 Å². The number of carbonyl (C=O) groups excluding carboxylic acids is 1. The fourth-order valence-electron chi connectivity index (χ4n) is 1.39. The van der Waals surface area contributed by atoms with E-state index in [1.807, 2.05) is 0 Å². The highest BCUT2D eigenvalue weighted by Gasteiger charge is 2.09. The molecule has 0 aliphatic heterocycles. The van der Waals surface area contributed by atoms with Crippen molar-refractivity contribution in [2.45, 2.75) is 12.8 Å². The fourth-order valence-corrected chi connectivity index (χ4v) is 1.68. The van der Waals surface area contributed by atoms with E-state index in [-0.39, 0.29) is 5.91 Å². The van der Waals surface area contributed by atoms with E-state index >= 15 is 0 Å². The average Bonchev–Trinajstić information content (AvgIpc) is 2.37. The second-order valence-corrected chi connectivity index (χ2v) is 4.34. The normalized spacial score (nSPS) is 11.2. The summed E-state index contributed by atoms with van der Waals surface area (Å²) in [5.41, 5.74) is 1.44. The Morgan fingerprint density at radius 1 is 1.33 bits per heavy atom. The van der Waals surface area contributed by atoms with E-state index in [1.54, 1.807) is 25.2 Å². The predicted molar refractivity (Wildman–Crippen MR) is 73.3 cm³/mol. The van der Waals surface area contributed by atoms with Crippen LogP contribution in [0.4, 0.5) is 0 Å². The SMILES string of the molecule is CNC(=O)CC/C(=N/OC)c1ccc(Cl)c(Cl)c1. The molecule has 0 aliphatic carbocycles. The Kier molecular flexibility index (Phi) is 5.95. The number of nitrogens with one attached hydrogen (secondary N) is 1. The second-order valence-electron chi connectivity index (χ2n) is 3.52. The van der Waals surface area contributed by atoms with E-state index in [1.165, 1.54) is 7.11 Å². The van der Waals surface area contributed by atoms with Gasteiger partial charge in [0.1, 0.15) is 7.11 Å². The smallest absolute Gasteiger partial charge is 0.220 e. The van der Waals surface area contributed by atoms with Crippen LogP contribution in [0.5, 0.6) is 0 Å². The summed E-state index contributed by atoms with van der Waals surface area (Å²) in [7, 11) is 3.05. The molecular weight excluding hydrogens is 275 g/mol. The van der Waals surface area contributed by atoms with Gasteiger partial charge >= 0.3 is 0 Å². The summed E-state index contributed by atoms with van der Waals surface area (Å²) in [5, 5.41) is 7.38. The first-order valence-electron chi connectivity index (χ1n) is 5.34. The maximum Gasteiger partial charge on any atom is 0.220 e. The van der Waals surface area contributed by atoms with Crippen LogP contribution in [0.15, 0.2) is 23.4 Å². The van der Waals surface area contributed by atoms with Crippen molar-refractivity contribution in [1.82, 2.24) is 5.32 Å². The Labute approximate surface area is 116 Å². The van der Waals surface area contributed by atoms with Crippen molar-refractivity contribution in [3.8, 4) is 0 Å². The van der Waals surface area contributed by atoms with Gasteiger partial charge in [-0.15, -0.1) is 0 Å². The van der Waals surface area contributed by atoms with Crippen molar-refractivity contribution in [2.24, 2.45) is 5.16 Å². The molecule has 4 nitrogen and oxygen atoms in total. The lowest BCUT2D eigenvalue weighted by Crippen LogP contribution is -2.18. The molecule has 0 saturated carbocycles. The topological polar surface area (TPSA) is 50.7 Å². The molecule has 1 aromatic carbocycles. The van der Waals surface area contributed by atoms with E-state index in [2.05, 4.69) is 10.5 Å². The third-order valence-corrected chi connectivity index (χ3v) is 3.06. The Bertz CT molecular complexity index is 461. The van der Waals surface area contributed by atoms with Gasteiger partial charge in [0, 0.05) is 25.5 Å². The number of nitrogens with zero attached hydrogens (tertiary/aromatic N) is 1. The molecule has 0 fully saturated rings. The van der Waals surface area contributed by atoms with Crippen molar-refractivity contribution in [1.29, 1.82) is 0 Å². The van der Waals surface area contributed by atoms with Gasteiger partial charge in [0.25, 0.3) is 0 Å².